The van der Waals surface area contributed by atoms with Crippen LogP contribution in [0.1, 0.15) is 30.6 Å². The first-order chi connectivity index (χ1) is 8.40. The number of primary amides is 1. The summed E-state index contributed by atoms with van der Waals surface area (Å²) in [5.41, 5.74) is 6.19. The van der Waals surface area contributed by atoms with Gasteiger partial charge in [-0.3, -0.25) is 4.79 Å². The van der Waals surface area contributed by atoms with E-state index in [1.165, 1.54) is 0 Å². The van der Waals surface area contributed by atoms with Crippen molar-refractivity contribution in [2.24, 2.45) is 11.7 Å². The van der Waals surface area contributed by atoms with Crippen LogP contribution >= 0.6 is 0 Å². The predicted molar refractivity (Wildman–Crippen MR) is 69.5 cm³/mol. The Labute approximate surface area is 106 Å². The van der Waals surface area contributed by atoms with Crippen LogP contribution in [0.15, 0.2) is 24.3 Å². The largest absolute Gasteiger partial charge is 0.480 e. The van der Waals surface area contributed by atoms with Crippen LogP contribution in [-0.2, 0) is 4.79 Å². The molecule has 0 bridgehead atoms. The minimum absolute atomic E-state index is 0.281. The zero-order valence-corrected chi connectivity index (χ0v) is 10.5. The number of hydrogen-bond donors (Lipinski definition) is 3. The lowest BCUT2D eigenvalue weighted by atomic mass is 10.0. The molecule has 18 heavy (non-hydrogen) atoms. The number of aliphatic carboxylic acids is 1. The zero-order chi connectivity index (χ0) is 13.7. The fourth-order valence-electron chi connectivity index (χ4n) is 1.62. The van der Waals surface area contributed by atoms with Gasteiger partial charge in [-0.05, 0) is 36.6 Å². The molecule has 0 saturated carbocycles. The molecule has 0 saturated heterocycles. The Morgan fingerprint density at radius 3 is 2.22 bits per heavy atom. The fourth-order valence-corrected chi connectivity index (χ4v) is 1.62. The van der Waals surface area contributed by atoms with Crippen LogP contribution in [0.3, 0.4) is 0 Å². The first-order valence-electron chi connectivity index (χ1n) is 5.79. The third-order valence-electron chi connectivity index (χ3n) is 2.52. The highest BCUT2D eigenvalue weighted by Gasteiger charge is 2.18. The van der Waals surface area contributed by atoms with Crippen molar-refractivity contribution < 1.29 is 14.7 Å². The zero-order valence-electron chi connectivity index (χ0n) is 10.5. The minimum atomic E-state index is -0.886. The average Bonchev–Trinajstić information content (AvgIpc) is 2.28. The summed E-state index contributed by atoms with van der Waals surface area (Å²) in [6.45, 7) is 3.93. The lowest BCUT2D eigenvalue weighted by Gasteiger charge is -2.17. The van der Waals surface area contributed by atoms with Gasteiger partial charge in [0.05, 0.1) is 0 Å². The number of benzene rings is 1. The predicted octanol–water partition coefficient (Wildman–Crippen LogP) is 1.70. The van der Waals surface area contributed by atoms with E-state index in [2.05, 4.69) is 5.32 Å². The molecular weight excluding hydrogens is 232 g/mol. The molecule has 1 unspecified atom stereocenters. The Bertz CT molecular complexity index is 426. The number of nitrogens with one attached hydrogen (secondary N) is 1. The van der Waals surface area contributed by atoms with Gasteiger partial charge in [0, 0.05) is 11.3 Å². The van der Waals surface area contributed by atoms with Crippen molar-refractivity contribution in [3.05, 3.63) is 29.8 Å². The minimum Gasteiger partial charge on any atom is -0.480 e. The maximum atomic E-state index is 11.1. The van der Waals surface area contributed by atoms with Gasteiger partial charge in [-0.15, -0.1) is 0 Å². The van der Waals surface area contributed by atoms with Crippen LogP contribution in [0.5, 0.6) is 0 Å². The molecule has 5 heteroatoms. The van der Waals surface area contributed by atoms with Gasteiger partial charge >= 0.3 is 5.97 Å². The fraction of sp³-hybridized carbons (Fsp3) is 0.385. The number of hydrogen-bond acceptors (Lipinski definition) is 3. The van der Waals surface area contributed by atoms with Gasteiger partial charge in [-0.1, -0.05) is 13.8 Å². The summed E-state index contributed by atoms with van der Waals surface area (Å²) in [6.07, 6.45) is 0.535. The van der Waals surface area contributed by atoms with Crippen molar-refractivity contribution in [2.45, 2.75) is 26.3 Å². The standard InChI is InChI=1S/C13H18N2O3/c1-8(2)7-11(13(17)18)15-10-5-3-9(4-6-10)12(14)16/h3-6,8,11,15H,7H2,1-2H3,(H2,14,16)(H,17,18). The van der Waals surface area contributed by atoms with E-state index >= 15 is 0 Å². The normalized spacial score (nSPS) is 12.2. The Kier molecular flexibility index (Phi) is 4.71. The number of nitrogens with two attached hydrogens (primary N) is 1. The number of carboxylic acids is 1. The Morgan fingerprint density at radius 1 is 1.28 bits per heavy atom. The quantitative estimate of drug-likeness (QED) is 0.716. The summed E-state index contributed by atoms with van der Waals surface area (Å²) in [7, 11) is 0. The van der Waals surface area contributed by atoms with Gasteiger partial charge < -0.3 is 16.2 Å². The van der Waals surface area contributed by atoms with Crippen molar-refractivity contribution in [2.75, 3.05) is 5.32 Å². The smallest absolute Gasteiger partial charge is 0.326 e. The Morgan fingerprint density at radius 2 is 1.83 bits per heavy atom. The third-order valence-corrected chi connectivity index (χ3v) is 2.52. The molecule has 0 aromatic heterocycles. The summed E-state index contributed by atoms with van der Waals surface area (Å²) in [6, 6.07) is 5.80. The molecule has 0 heterocycles. The molecule has 1 aromatic rings. The molecule has 0 radical (unpaired) electrons. The summed E-state index contributed by atoms with van der Waals surface area (Å²) in [5, 5.41) is 12.0. The highest BCUT2D eigenvalue weighted by molar-refractivity contribution is 5.93. The number of carbonyl (C=O) groups is 2. The summed E-state index contributed by atoms with van der Waals surface area (Å²) in [4.78, 5) is 22.0. The van der Waals surface area contributed by atoms with Crippen LogP contribution in [0.4, 0.5) is 5.69 Å². The molecule has 0 fully saturated rings. The van der Waals surface area contributed by atoms with Crippen molar-refractivity contribution in [1.82, 2.24) is 0 Å². The van der Waals surface area contributed by atoms with Crippen LogP contribution < -0.4 is 11.1 Å². The number of carboxylic acid groups (broad SMARTS) is 1. The monoisotopic (exact) mass is 250 g/mol. The average molecular weight is 250 g/mol. The first kappa shape index (κ1) is 14.0. The van der Waals surface area contributed by atoms with Crippen molar-refractivity contribution in [1.29, 1.82) is 0 Å². The molecule has 4 N–H and O–H groups in total. The molecule has 1 aromatic carbocycles. The molecule has 0 aliphatic heterocycles. The number of anilines is 1. The van der Waals surface area contributed by atoms with Crippen LogP contribution in [0, 0.1) is 5.92 Å². The van der Waals surface area contributed by atoms with E-state index in [-0.39, 0.29) is 5.92 Å². The molecule has 1 rings (SSSR count). The van der Waals surface area contributed by atoms with Crippen LogP contribution in [0.2, 0.25) is 0 Å². The molecular formula is C13H18N2O3. The van der Waals surface area contributed by atoms with E-state index in [1.807, 2.05) is 13.8 Å². The number of carbonyl (C=O) groups excluding carboxylic acids is 1. The third kappa shape index (κ3) is 4.08. The second-order valence-electron chi connectivity index (χ2n) is 4.61. The molecule has 1 atom stereocenters. The number of rotatable bonds is 6. The summed E-state index contributed by atoms with van der Waals surface area (Å²) >= 11 is 0. The van der Waals surface area contributed by atoms with E-state index in [0.717, 1.165) is 0 Å². The molecule has 0 aliphatic carbocycles. The van der Waals surface area contributed by atoms with Gasteiger partial charge in [0.2, 0.25) is 5.91 Å². The SMILES string of the molecule is CC(C)CC(Nc1ccc(C(N)=O)cc1)C(=O)O. The lowest BCUT2D eigenvalue weighted by Crippen LogP contribution is -2.30. The second-order valence-corrected chi connectivity index (χ2v) is 4.61. The molecule has 98 valence electrons. The molecule has 5 nitrogen and oxygen atoms in total. The summed E-state index contributed by atoms with van der Waals surface area (Å²) < 4.78 is 0. The Hall–Kier alpha value is -2.04. The summed E-state index contributed by atoms with van der Waals surface area (Å²) in [5.74, 6) is -1.11. The number of amides is 1. The van der Waals surface area contributed by atoms with E-state index < -0.39 is 17.9 Å². The van der Waals surface area contributed by atoms with Crippen LogP contribution in [-0.4, -0.2) is 23.0 Å². The second kappa shape index (κ2) is 6.05. The highest BCUT2D eigenvalue weighted by atomic mass is 16.4. The topological polar surface area (TPSA) is 92.4 Å². The van der Waals surface area contributed by atoms with Crippen molar-refractivity contribution in [3.8, 4) is 0 Å². The van der Waals surface area contributed by atoms with Crippen molar-refractivity contribution >= 4 is 17.6 Å². The van der Waals surface area contributed by atoms with E-state index in [1.54, 1.807) is 24.3 Å². The van der Waals surface area contributed by atoms with Gasteiger partial charge in [0.1, 0.15) is 6.04 Å². The lowest BCUT2D eigenvalue weighted by molar-refractivity contribution is -0.138. The first-order valence-corrected chi connectivity index (χ1v) is 5.79. The highest BCUT2D eigenvalue weighted by Crippen LogP contribution is 2.14. The van der Waals surface area contributed by atoms with E-state index in [9.17, 15) is 9.59 Å². The van der Waals surface area contributed by atoms with Crippen molar-refractivity contribution in [3.63, 3.8) is 0 Å². The molecule has 1 amide bonds. The molecule has 0 aliphatic rings. The van der Waals surface area contributed by atoms with Crippen LogP contribution in [0.25, 0.3) is 0 Å². The van der Waals surface area contributed by atoms with Gasteiger partial charge in [-0.25, -0.2) is 4.79 Å². The van der Waals surface area contributed by atoms with Gasteiger partial charge in [-0.2, -0.15) is 0 Å². The van der Waals surface area contributed by atoms with Gasteiger partial charge in [0.25, 0.3) is 0 Å². The Balaban J connectivity index is 2.75. The van der Waals surface area contributed by atoms with E-state index in [4.69, 9.17) is 10.8 Å². The molecule has 0 spiro atoms. The maximum absolute atomic E-state index is 11.1. The van der Waals surface area contributed by atoms with E-state index in [0.29, 0.717) is 17.7 Å². The maximum Gasteiger partial charge on any atom is 0.326 e. The van der Waals surface area contributed by atoms with Gasteiger partial charge in [0.15, 0.2) is 0 Å².